The number of hydrogen-bond donors (Lipinski definition) is 0. The van der Waals surface area contributed by atoms with Crippen LogP contribution in [-0.2, 0) is 0 Å². The van der Waals surface area contributed by atoms with Gasteiger partial charge >= 0.3 is 0 Å². The number of rotatable bonds is 2. The fourth-order valence-electron chi connectivity index (χ4n) is 2.19. The Balaban J connectivity index is 2.43. The summed E-state index contributed by atoms with van der Waals surface area (Å²) in [5.74, 6) is 0. The zero-order valence-corrected chi connectivity index (χ0v) is 12.4. The first-order valence-corrected chi connectivity index (χ1v) is 6.79. The molecule has 0 saturated carbocycles. The van der Waals surface area contributed by atoms with Crippen LogP contribution in [0.25, 0.3) is 32.1 Å². The van der Waals surface area contributed by atoms with Crippen LogP contribution < -0.4 is 0 Å². The second-order valence-corrected chi connectivity index (χ2v) is 5.17. The van der Waals surface area contributed by atoms with Crippen molar-refractivity contribution in [3.63, 3.8) is 0 Å². The van der Waals surface area contributed by atoms with Crippen molar-refractivity contribution in [3.05, 3.63) is 68.7 Å². The molecule has 0 fully saturated rings. The molecule has 3 rings (SSSR count). The molecule has 0 amide bonds. The van der Waals surface area contributed by atoms with Crippen LogP contribution in [0, 0.1) is 6.57 Å². The fourth-order valence-corrected chi connectivity index (χ4v) is 2.70. The highest BCUT2D eigenvalue weighted by molar-refractivity contribution is 6.36. The number of imidazole rings is 1. The molecule has 0 spiro atoms. The van der Waals surface area contributed by atoms with E-state index in [0.717, 1.165) is 0 Å². The van der Waals surface area contributed by atoms with Gasteiger partial charge in [-0.2, -0.15) is 0 Å². The van der Waals surface area contributed by atoms with Crippen molar-refractivity contribution in [1.29, 1.82) is 0 Å². The van der Waals surface area contributed by atoms with Gasteiger partial charge in [0.05, 0.1) is 12.3 Å². The van der Waals surface area contributed by atoms with E-state index in [4.69, 9.17) is 35.3 Å². The molecule has 0 aliphatic carbocycles. The molecule has 0 N–H and O–H groups in total. The maximum absolute atomic E-state index is 8.76. The van der Waals surface area contributed by atoms with Gasteiger partial charge in [0.25, 0.3) is 0 Å². The quantitative estimate of drug-likeness (QED) is 0.253. The monoisotopic (exact) mass is 328 g/mol. The molecule has 3 aromatic rings. The van der Waals surface area contributed by atoms with E-state index in [-0.39, 0.29) is 11.4 Å². The fraction of sp³-hybridized carbons (Fsp3) is 0. The minimum absolute atomic E-state index is 0.172. The van der Waals surface area contributed by atoms with E-state index >= 15 is 0 Å². The molecule has 0 aliphatic rings. The molecule has 1 aromatic carbocycles. The molecule has 0 unspecified atom stereocenters. The average Bonchev–Trinajstić information content (AvgIpc) is 2.95. The van der Waals surface area contributed by atoms with Gasteiger partial charge in [0, 0.05) is 39.1 Å². The Hall–Kier alpha value is -2.71. The van der Waals surface area contributed by atoms with Crippen molar-refractivity contribution in [2.45, 2.75) is 0 Å². The number of azide groups is 1. The third-order valence-electron chi connectivity index (χ3n) is 3.11. The van der Waals surface area contributed by atoms with Gasteiger partial charge in [-0.25, -0.2) is 9.83 Å². The highest BCUT2D eigenvalue weighted by Gasteiger charge is 2.17. The SMILES string of the molecule is [C-]#[N+]c1c(-c2ccc(Cl)cc2Cl)cn2ccnc2c1N=[N+]=[N-]. The summed E-state index contributed by atoms with van der Waals surface area (Å²) in [5, 5.41) is 4.53. The number of aromatic nitrogens is 2. The van der Waals surface area contributed by atoms with Crippen molar-refractivity contribution in [1.82, 2.24) is 9.38 Å². The van der Waals surface area contributed by atoms with Crippen molar-refractivity contribution in [3.8, 4) is 11.1 Å². The van der Waals surface area contributed by atoms with Crippen LogP contribution in [0.15, 0.2) is 41.9 Å². The van der Waals surface area contributed by atoms with Crippen LogP contribution in [0.2, 0.25) is 10.0 Å². The predicted molar refractivity (Wildman–Crippen MR) is 85.7 cm³/mol. The third-order valence-corrected chi connectivity index (χ3v) is 3.65. The lowest BCUT2D eigenvalue weighted by atomic mass is 10.0. The van der Waals surface area contributed by atoms with Crippen molar-refractivity contribution in [2.24, 2.45) is 5.11 Å². The van der Waals surface area contributed by atoms with Crippen LogP contribution in [0.5, 0.6) is 0 Å². The minimum Gasteiger partial charge on any atom is -0.308 e. The lowest BCUT2D eigenvalue weighted by molar-refractivity contribution is 1.18. The summed E-state index contributed by atoms with van der Waals surface area (Å²) < 4.78 is 1.68. The molecule has 0 atom stereocenters. The van der Waals surface area contributed by atoms with Crippen molar-refractivity contribution >= 4 is 40.2 Å². The van der Waals surface area contributed by atoms with Crippen LogP contribution >= 0.6 is 23.2 Å². The van der Waals surface area contributed by atoms with E-state index in [1.807, 2.05) is 0 Å². The van der Waals surface area contributed by atoms with Crippen LogP contribution in [0.3, 0.4) is 0 Å². The topological polar surface area (TPSA) is 70.4 Å². The standard InChI is InChI=1S/C14H6Cl2N6/c1-18-12-10(9-3-2-8(15)6-11(9)16)7-22-5-4-19-14(22)13(12)20-21-17/h2-7H. The molecule has 2 heterocycles. The summed E-state index contributed by atoms with van der Waals surface area (Å²) in [6.07, 6.45) is 4.99. The predicted octanol–water partition coefficient (Wildman–Crippen LogP) is 5.80. The van der Waals surface area contributed by atoms with E-state index in [9.17, 15) is 0 Å². The highest BCUT2D eigenvalue weighted by Crippen LogP contribution is 2.43. The molecule has 0 saturated heterocycles. The summed E-state index contributed by atoms with van der Waals surface area (Å²) in [6.45, 7) is 7.43. The first-order valence-electron chi connectivity index (χ1n) is 6.03. The minimum atomic E-state index is 0.172. The molecule has 6 nitrogen and oxygen atoms in total. The largest absolute Gasteiger partial charge is 0.308 e. The smallest absolute Gasteiger partial charge is 0.209 e. The summed E-state index contributed by atoms with van der Waals surface area (Å²) in [6, 6.07) is 5.00. The lowest BCUT2D eigenvalue weighted by Gasteiger charge is -2.11. The molecule has 2 aromatic heterocycles. The van der Waals surface area contributed by atoms with E-state index in [1.165, 1.54) is 0 Å². The summed E-state index contributed by atoms with van der Waals surface area (Å²) in [5.41, 5.74) is 10.7. The molecular formula is C14H6Cl2N6. The van der Waals surface area contributed by atoms with Crippen LogP contribution in [0.1, 0.15) is 0 Å². The van der Waals surface area contributed by atoms with Gasteiger partial charge in [0.15, 0.2) is 0 Å². The van der Waals surface area contributed by atoms with Crippen LogP contribution in [-0.4, -0.2) is 9.38 Å². The van der Waals surface area contributed by atoms with Gasteiger partial charge in [0.2, 0.25) is 5.69 Å². The van der Waals surface area contributed by atoms with E-state index < -0.39 is 0 Å². The third kappa shape index (κ3) is 2.24. The molecule has 0 bridgehead atoms. The second kappa shape index (κ2) is 5.58. The Morgan fingerprint density at radius 2 is 2.09 bits per heavy atom. The zero-order valence-electron chi connectivity index (χ0n) is 10.9. The lowest BCUT2D eigenvalue weighted by Crippen LogP contribution is -1.89. The first kappa shape index (κ1) is 14.2. The average molecular weight is 329 g/mol. The zero-order chi connectivity index (χ0) is 15.7. The molecule has 0 aliphatic heterocycles. The Bertz CT molecular complexity index is 979. The van der Waals surface area contributed by atoms with Gasteiger partial charge in [-0.3, -0.25) is 0 Å². The van der Waals surface area contributed by atoms with Crippen molar-refractivity contribution in [2.75, 3.05) is 0 Å². The Morgan fingerprint density at radius 1 is 1.27 bits per heavy atom. The number of hydrogen-bond acceptors (Lipinski definition) is 2. The Morgan fingerprint density at radius 3 is 2.77 bits per heavy atom. The molecule has 0 radical (unpaired) electrons. The number of benzene rings is 1. The van der Waals surface area contributed by atoms with Gasteiger partial charge in [0.1, 0.15) is 5.65 Å². The molecular weight excluding hydrogens is 323 g/mol. The Kier molecular flexibility index (Phi) is 3.61. The maximum Gasteiger partial charge on any atom is 0.209 e. The van der Waals surface area contributed by atoms with Gasteiger partial charge in [-0.15, -0.1) is 0 Å². The van der Waals surface area contributed by atoms with E-state index in [1.54, 1.807) is 41.2 Å². The van der Waals surface area contributed by atoms with E-state index in [0.29, 0.717) is 26.8 Å². The number of fused-ring (bicyclic) bond motifs is 1. The second-order valence-electron chi connectivity index (χ2n) is 4.32. The number of halogens is 2. The van der Waals surface area contributed by atoms with E-state index in [2.05, 4.69) is 19.9 Å². The van der Waals surface area contributed by atoms with Crippen LogP contribution in [0.4, 0.5) is 11.4 Å². The molecule has 106 valence electrons. The molecule has 8 heteroatoms. The summed E-state index contributed by atoms with van der Waals surface area (Å²) in [4.78, 5) is 10.4. The number of pyridine rings is 1. The normalized spacial score (nSPS) is 10.2. The summed E-state index contributed by atoms with van der Waals surface area (Å²) >= 11 is 12.1. The first-order chi connectivity index (χ1) is 10.7. The van der Waals surface area contributed by atoms with Crippen molar-refractivity contribution < 1.29 is 0 Å². The molecule has 22 heavy (non-hydrogen) atoms. The number of nitrogens with zero attached hydrogens (tertiary/aromatic N) is 6. The highest BCUT2D eigenvalue weighted by atomic mass is 35.5. The Labute approximate surface area is 135 Å². The van der Waals surface area contributed by atoms with Gasteiger partial charge < -0.3 is 4.40 Å². The van der Waals surface area contributed by atoms with Gasteiger partial charge in [-0.1, -0.05) is 34.4 Å². The maximum atomic E-state index is 8.76. The van der Waals surface area contributed by atoms with Gasteiger partial charge in [-0.05, 0) is 23.2 Å². The summed E-state index contributed by atoms with van der Waals surface area (Å²) in [7, 11) is 0.